The molecule has 3 heteroatoms. The van der Waals surface area contributed by atoms with Crippen LogP contribution >= 0.6 is 0 Å². The number of hydrogen-bond acceptors (Lipinski definition) is 0. The van der Waals surface area contributed by atoms with Crippen molar-refractivity contribution >= 4 is 65.4 Å². The van der Waals surface area contributed by atoms with Crippen molar-refractivity contribution in [3.05, 3.63) is 212 Å². The van der Waals surface area contributed by atoms with Gasteiger partial charge in [0.05, 0.1) is 74.6 Å². The first kappa shape index (κ1) is 17.0. The van der Waals surface area contributed by atoms with E-state index in [0.29, 0.717) is 11.1 Å². The Kier molecular flexibility index (Phi) is 3.72. The lowest BCUT2D eigenvalue weighted by molar-refractivity contribution is 1.13. The molecule has 0 fully saturated rings. The molecule has 9 aromatic carbocycles. The third kappa shape index (κ3) is 4.73. The van der Waals surface area contributed by atoms with Crippen molar-refractivity contribution in [1.82, 2.24) is 13.7 Å². The van der Waals surface area contributed by atoms with E-state index >= 15 is 0 Å². The monoisotopic (exact) mass is 747 g/mol. The number of rotatable bonds is 5. The summed E-state index contributed by atoms with van der Waals surface area (Å²) in [5, 5.41) is -1.95. The van der Waals surface area contributed by atoms with Crippen molar-refractivity contribution in [3.8, 4) is 39.3 Å². The van der Waals surface area contributed by atoms with Gasteiger partial charge in [-0.2, -0.15) is 0 Å². The molecule has 0 atom stereocenters. The van der Waals surface area contributed by atoms with Crippen LogP contribution in [-0.4, -0.2) is 13.7 Å². The van der Waals surface area contributed by atoms with Gasteiger partial charge >= 0.3 is 0 Å². The molecular formula is C54H35N3. The van der Waals surface area contributed by atoms with E-state index in [1.165, 1.54) is 9.13 Å². The van der Waals surface area contributed by atoms with Gasteiger partial charge in [0.15, 0.2) is 0 Å². The number of hydrogen-bond donors (Lipinski definition) is 0. The van der Waals surface area contributed by atoms with Crippen molar-refractivity contribution in [3.63, 3.8) is 0 Å². The van der Waals surface area contributed by atoms with Gasteiger partial charge in [0.2, 0.25) is 0 Å². The third-order valence-electron chi connectivity index (χ3n) is 10.2. The van der Waals surface area contributed by atoms with Crippen molar-refractivity contribution in [1.29, 1.82) is 0 Å². The van der Waals surface area contributed by atoms with Crippen molar-refractivity contribution in [2.24, 2.45) is 0 Å². The Labute approximate surface area is 360 Å². The molecule has 0 bridgehead atoms. The van der Waals surface area contributed by atoms with E-state index in [0.717, 1.165) is 4.57 Å². The highest BCUT2D eigenvalue weighted by Crippen LogP contribution is 2.42. The van der Waals surface area contributed by atoms with Crippen molar-refractivity contribution in [2.45, 2.75) is 0 Å². The van der Waals surface area contributed by atoms with Crippen LogP contribution in [0.3, 0.4) is 0 Å². The lowest BCUT2D eigenvalue weighted by Gasteiger charge is -2.14. The number of benzene rings is 9. The quantitative estimate of drug-likeness (QED) is 0.167. The first-order chi connectivity index (χ1) is 37.5. The van der Waals surface area contributed by atoms with Crippen LogP contribution in [0, 0.1) is 0 Å². The van der Waals surface area contributed by atoms with Crippen molar-refractivity contribution < 1.29 is 30.2 Å². The van der Waals surface area contributed by atoms with E-state index in [9.17, 15) is 19.2 Å². The number of aromatic nitrogens is 3. The maximum absolute atomic E-state index is 10.1. The van der Waals surface area contributed by atoms with Crippen molar-refractivity contribution in [2.75, 3.05) is 0 Å². The van der Waals surface area contributed by atoms with Gasteiger partial charge in [-0.1, -0.05) is 145 Å². The molecule has 57 heavy (non-hydrogen) atoms. The molecule has 0 unspecified atom stereocenters. The third-order valence-corrected chi connectivity index (χ3v) is 10.2. The summed E-state index contributed by atoms with van der Waals surface area (Å²) in [7, 11) is 0. The molecule has 0 aliphatic carbocycles. The Bertz CT molecular complexity index is 4790. The highest BCUT2D eigenvalue weighted by Gasteiger charge is 2.21. The maximum atomic E-state index is 10.1. The zero-order valence-electron chi connectivity index (χ0n) is 51.3. The molecule has 0 N–H and O–H groups in total. The van der Waals surface area contributed by atoms with E-state index in [1.54, 1.807) is 78.9 Å². The predicted molar refractivity (Wildman–Crippen MR) is 240 cm³/mol. The smallest absolute Gasteiger partial charge is 0.0782 e. The largest absolute Gasteiger partial charge is 0.309 e. The van der Waals surface area contributed by atoms with E-state index in [-0.39, 0.29) is 61.0 Å². The second-order valence-electron chi connectivity index (χ2n) is 13.2. The molecule has 0 saturated heterocycles. The molecule has 0 aliphatic rings. The fourth-order valence-corrected chi connectivity index (χ4v) is 7.77. The lowest BCUT2D eigenvalue weighted by Crippen LogP contribution is -2.00. The summed E-state index contributed by atoms with van der Waals surface area (Å²) in [6.07, 6.45) is 0. The molecular weight excluding hydrogens is 691 g/mol. The highest BCUT2D eigenvalue weighted by molar-refractivity contribution is 6.16. The molecule has 3 aromatic heterocycles. The summed E-state index contributed by atoms with van der Waals surface area (Å²) in [6, 6.07) is 6.31. The Balaban J connectivity index is 1.28. The first-order valence-electron chi connectivity index (χ1n) is 28.8. The molecule has 0 radical (unpaired) electrons. The zero-order chi connectivity index (χ0) is 56.6. The van der Waals surface area contributed by atoms with E-state index in [4.69, 9.17) is 11.0 Å². The summed E-state index contributed by atoms with van der Waals surface area (Å²) in [6.45, 7) is 0. The van der Waals surface area contributed by atoms with Crippen LogP contribution in [-0.2, 0) is 0 Å². The van der Waals surface area contributed by atoms with Gasteiger partial charge in [0, 0.05) is 43.6 Å². The minimum atomic E-state index is -0.888. The molecule has 0 amide bonds. The van der Waals surface area contributed by atoms with Crippen LogP contribution in [0.15, 0.2) is 212 Å². The topological polar surface area (TPSA) is 14.8 Å². The Morgan fingerprint density at radius 2 is 0.825 bits per heavy atom. The molecule has 266 valence electrons. The highest BCUT2D eigenvalue weighted by atomic mass is 15.1. The normalized spacial score (nSPS) is 17.3. The summed E-state index contributed by atoms with van der Waals surface area (Å²) >= 11 is 0. The second-order valence-corrected chi connectivity index (χ2v) is 13.2. The van der Waals surface area contributed by atoms with Crippen LogP contribution < -0.4 is 0 Å². The minimum Gasteiger partial charge on any atom is -0.309 e. The molecule has 0 saturated carbocycles. The van der Waals surface area contributed by atoms with Gasteiger partial charge < -0.3 is 13.7 Å². The Morgan fingerprint density at radius 1 is 0.316 bits per heavy atom. The van der Waals surface area contributed by atoms with Crippen LogP contribution in [0.2, 0.25) is 0 Å². The predicted octanol–water partition coefficient (Wildman–Crippen LogP) is 14.3. The summed E-state index contributed by atoms with van der Waals surface area (Å²) in [4.78, 5) is 0. The van der Waals surface area contributed by atoms with Gasteiger partial charge in [-0.15, -0.1) is 0 Å². The standard InChI is InChI=1S/C54H35N3/c1-3-16-36(17-4-1)40-20-7-11-25-47(40)56-49-27-13-9-22-42(49)45-34-37(30-32-51(45)56)38-31-33-52-46(35-38)43-23-10-14-28-50(43)57(52)53-29-15-24-44-41-21-8-12-26-48(41)55(54(44)53)39-18-5-2-6-19-39/h1-35H/i1D,8D,9D,10D,12D,13D,14D,15D,21D,22D,23D,24D,26D,27D,28D,29D,30D,31D,32D,33D,34D,35D. The van der Waals surface area contributed by atoms with Gasteiger partial charge in [0.25, 0.3) is 0 Å². The molecule has 3 heterocycles. The molecule has 12 aromatic rings. The Hall–Kier alpha value is -7.62. The number of nitrogens with zero attached hydrogens (tertiary/aromatic N) is 3. The fourth-order valence-electron chi connectivity index (χ4n) is 7.77. The summed E-state index contributed by atoms with van der Waals surface area (Å²) < 4.78 is 208. The Morgan fingerprint density at radius 3 is 1.47 bits per heavy atom. The van der Waals surface area contributed by atoms with E-state index in [2.05, 4.69) is 0 Å². The van der Waals surface area contributed by atoms with Crippen LogP contribution in [0.4, 0.5) is 0 Å². The van der Waals surface area contributed by atoms with Gasteiger partial charge in [-0.3, -0.25) is 0 Å². The number of para-hydroxylation sites is 6. The lowest BCUT2D eigenvalue weighted by atomic mass is 10.0. The maximum Gasteiger partial charge on any atom is 0.0782 e. The van der Waals surface area contributed by atoms with Gasteiger partial charge in [0.1, 0.15) is 0 Å². The molecule has 0 spiro atoms. The first-order valence-corrected chi connectivity index (χ1v) is 17.8. The number of fused-ring (bicyclic) bond motifs is 9. The van der Waals surface area contributed by atoms with E-state index < -0.39 is 166 Å². The molecule has 12 rings (SSSR count). The summed E-state index contributed by atoms with van der Waals surface area (Å²) in [5.74, 6) is 0. The second kappa shape index (κ2) is 12.5. The zero-order valence-corrected chi connectivity index (χ0v) is 29.3. The minimum absolute atomic E-state index is 0.178. The summed E-state index contributed by atoms with van der Waals surface area (Å²) in [5.41, 5.74) is -1.96. The fraction of sp³-hybridized carbons (Fsp3) is 0. The SMILES string of the molecule is [2H]c1ccc(-c2ccccc2-n2c3c([2H])c([2H])c([2H])c([2H])c3c3c([2H])c(-c4c([2H])c([2H])c5c(c4[2H])c4c([2H])c([2H])c([2H])c([2H])c4n5-c4c([2H])c([2H])c([2H])c5c6c([2H])c([2H])c([2H])c([2H])c6n(-c6ccccc6)c45)c([2H])c([2H])c32)cc1. The van der Waals surface area contributed by atoms with Crippen LogP contribution in [0.5, 0.6) is 0 Å². The van der Waals surface area contributed by atoms with Crippen LogP contribution in [0.1, 0.15) is 30.2 Å². The van der Waals surface area contributed by atoms with Crippen LogP contribution in [0.25, 0.3) is 105 Å². The van der Waals surface area contributed by atoms with Gasteiger partial charge in [-0.05, 0) is 83.2 Å². The molecule has 0 aliphatic heterocycles. The van der Waals surface area contributed by atoms with E-state index in [1.807, 2.05) is 0 Å². The van der Waals surface area contributed by atoms with Gasteiger partial charge in [-0.25, -0.2) is 0 Å². The average molecular weight is 748 g/mol. The molecule has 3 nitrogen and oxygen atoms in total. The average Bonchev–Trinajstić information content (AvgIpc) is 2.72.